The minimum Gasteiger partial charge on any atom is -0.394 e. The molecule has 20 atom stereocenters. The monoisotopic (exact) mass is 730 g/mol. The van der Waals surface area contributed by atoms with E-state index in [0.29, 0.717) is 25.7 Å². The molecule has 51 heavy (non-hydrogen) atoms. The Balaban J connectivity index is 1.13. The number of hydrogen-bond donors (Lipinski definition) is 8. The maximum absolute atomic E-state index is 12.6. The highest BCUT2D eigenvalue weighted by molar-refractivity contribution is 5.20. The molecule has 0 spiro atoms. The lowest BCUT2D eigenvalue weighted by Gasteiger charge is -2.66. The second kappa shape index (κ2) is 15.2. The molecule has 2 saturated heterocycles. The minimum atomic E-state index is -1.44. The van der Waals surface area contributed by atoms with E-state index in [9.17, 15) is 40.9 Å². The number of ether oxygens (including phenoxy) is 5. The topological polar surface area (TPSA) is 208 Å². The molecule has 13 nitrogen and oxygen atoms in total. The van der Waals surface area contributed by atoms with Crippen molar-refractivity contribution in [3.63, 3.8) is 0 Å². The van der Waals surface area contributed by atoms with Crippen LogP contribution in [0.4, 0.5) is 0 Å². The van der Waals surface area contributed by atoms with Gasteiger partial charge in [-0.25, -0.2) is 0 Å². The summed E-state index contributed by atoms with van der Waals surface area (Å²) in [6.45, 7) is 10.2. The van der Waals surface area contributed by atoms with Gasteiger partial charge in [-0.2, -0.15) is 0 Å². The van der Waals surface area contributed by atoms with Crippen molar-refractivity contribution in [3.8, 4) is 0 Å². The van der Waals surface area contributed by atoms with E-state index in [0.717, 1.165) is 25.7 Å². The summed E-state index contributed by atoms with van der Waals surface area (Å²) in [6.07, 6.45) is -5.39. The van der Waals surface area contributed by atoms with Crippen molar-refractivity contribution < 1.29 is 64.5 Å². The zero-order valence-electron chi connectivity index (χ0n) is 31.3. The van der Waals surface area contributed by atoms with Crippen LogP contribution < -0.4 is 0 Å². The fraction of sp³-hybridized carbons (Fsp3) is 1.00. The molecule has 296 valence electrons. The number of methoxy groups -OCH3 is 1. The maximum atomic E-state index is 12.6. The fourth-order valence-corrected chi connectivity index (χ4v) is 12.1. The molecule has 6 fully saturated rings. The highest BCUT2D eigenvalue weighted by atomic mass is 16.8. The molecule has 2 heterocycles. The molecule has 8 N–H and O–H groups in total. The van der Waals surface area contributed by atoms with Crippen molar-refractivity contribution in [2.45, 2.75) is 172 Å². The Morgan fingerprint density at radius 1 is 0.843 bits per heavy atom. The van der Waals surface area contributed by atoms with Crippen molar-refractivity contribution in [2.24, 2.45) is 46.3 Å². The predicted octanol–water partition coefficient (Wildman–Crippen LogP) is 1.08. The quantitative estimate of drug-likeness (QED) is 0.150. The highest BCUT2D eigenvalue weighted by Crippen LogP contribution is 2.69. The van der Waals surface area contributed by atoms with Gasteiger partial charge in [-0.15, -0.1) is 0 Å². The summed E-state index contributed by atoms with van der Waals surface area (Å²) in [6, 6.07) is 0. The van der Waals surface area contributed by atoms with Crippen LogP contribution in [-0.4, -0.2) is 140 Å². The average Bonchev–Trinajstić information content (AvgIpc) is 3.53. The molecule has 0 radical (unpaired) electrons. The molecule has 4 aliphatic carbocycles. The van der Waals surface area contributed by atoms with Crippen LogP contribution in [0.15, 0.2) is 0 Å². The van der Waals surface area contributed by atoms with E-state index < -0.39 is 79.7 Å². The van der Waals surface area contributed by atoms with E-state index in [4.69, 9.17) is 23.7 Å². The van der Waals surface area contributed by atoms with Crippen LogP contribution in [0, 0.1) is 46.3 Å². The number of hydrogen-bond acceptors (Lipinski definition) is 13. The van der Waals surface area contributed by atoms with E-state index in [1.807, 2.05) is 13.8 Å². The summed E-state index contributed by atoms with van der Waals surface area (Å²) in [5, 5.41) is 88.3. The smallest absolute Gasteiger partial charge is 0.187 e. The van der Waals surface area contributed by atoms with Gasteiger partial charge in [0.25, 0.3) is 0 Å². The first-order chi connectivity index (χ1) is 24.0. The van der Waals surface area contributed by atoms with Gasteiger partial charge in [-0.05, 0) is 91.8 Å². The van der Waals surface area contributed by atoms with Gasteiger partial charge in [0.1, 0.15) is 36.6 Å². The summed E-state index contributed by atoms with van der Waals surface area (Å²) < 4.78 is 29.2. The third kappa shape index (κ3) is 6.97. The molecule has 0 amide bonds. The minimum absolute atomic E-state index is 0.0250. The van der Waals surface area contributed by atoms with Crippen molar-refractivity contribution >= 4 is 0 Å². The van der Waals surface area contributed by atoms with Crippen molar-refractivity contribution in [1.82, 2.24) is 0 Å². The standard InChI is InChI=1S/C38H66O13/c1-18(2)25(49-35-32(30(44)26(16-39)50-35)51-34-31(45)29(43)27(47-6)17-48-34)8-7-19(3)21-14-23(41)33-37(21,5)12-10-28-36(4)11-9-20(40)13-22(36)24(42)15-38(28,33)46/h18-35,39-46H,7-17H2,1-6H3. The first-order valence-electron chi connectivity index (χ1n) is 19.5. The van der Waals surface area contributed by atoms with E-state index in [1.165, 1.54) is 7.11 Å². The van der Waals surface area contributed by atoms with Crippen LogP contribution in [-0.2, 0) is 23.7 Å². The Hall–Kier alpha value is -0.520. The van der Waals surface area contributed by atoms with Gasteiger partial charge in [0.15, 0.2) is 12.6 Å². The van der Waals surface area contributed by atoms with Crippen LogP contribution >= 0.6 is 0 Å². The van der Waals surface area contributed by atoms with E-state index >= 15 is 0 Å². The van der Waals surface area contributed by atoms with Gasteiger partial charge in [0, 0.05) is 19.4 Å². The Labute approximate surface area is 302 Å². The first-order valence-corrected chi connectivity index (χ1v) is 19.5. The van der Waals surface area contributed by atoms with Gasteiger partial charge >= 0.3 is 0 Å². The third-order valence-corrected chi connectivity index (χ3v) is 14.9. The molecule has 6 aliphatic rings. The molecule has 2 aliphatic heterocycles. The van der Waals surface area contributed by atoms with Crippen molar-refractivity contribution in [2.75, 3.05) is 20.3 Å². The Bertz CT molecular complexity index is 1180. The largest absolute Gasteiger partial charge is 0.394 e. The fourth-order valence-electron chi connectivity index (χ4n) is 12.1. The van der Waals surface area contributed by atoms with Gasteiger partial charge in [0.2, 0.25) is 0 Å². The number of aliphatic hydroxyl groups excluding tert-OH is 7. The van der Waals surface area contributed by atoms with Crippen LogP contribution in [0.3, 0.4) is 0 Å². The van der Waals surface area contributed by atoms with Crippen molar-refractivity contribution in [3.05, 3.63) is 0 Å². The lowest BCUT2D eigenvalue weighted by molar-refractivity contribution is -0.309. The number of rotatable bonds is 11. The first kappa shape index (κ1) is 40.2. The van der Waals surface area contributed by atoms with Crippen LogP contribution in [0.5, 0.6) is 0 Å². The molecule has 0 bridgehead atoms. The van der Waals surface area contributed by atoms with E-state index in [-0.39, 0.29) is 65.5 Å². The van der Waals surface area contributed by atoms with E-state index in [2.05, 4.69) is 20.8 Å². The Kier molecular flexibility index (Phi) is 12.0. The van der Waals surface area contributed by atoms with Crippen LogP contribution in [0.25, 0.3) is 0 Å². The molecule has 4 saturated carbocycles. The third-order valence-electron chi connectivity index (χ3n) is 14.9. The molecule has 13 heteroatoms. The maximum Gasteiger partial charge on any atom is 0.187 e. The zero-order valence-corrected chi connectivity index (χ0v) is 31.3. The van der Waals surface area contributed by atoms with Crippen LogP contribution in [0.1, 0.15) is 92.4 Å². The SMILES string of the molecule is COC1COC(OC2C(OC(CCC(C)C3CC(O)C4C3(C)CCC3C5(C)CCC(O)CC5C(O)CC34O)C(C)C)OC(CO)C2O)C(O)C1O. The second-order valence-electron chi connectivity index (χ2n) is 18.0. The van der Waals surface area contributed by atoms with Gasteiger partial charge in [-0.3, -0.25) is 0 Å². The molecular formula is C38H66O13. The number of aliphatic hydroxyl groups is 8. The molecular weight excluding hydrogens is 664 g/mol. The summed E-state index contributed by atoms with van der Waals surface area (Å²) >= 11 is 0. The summed E-state index contributed by atoms with van der Waals surface area (Å²) in [4.78, 5) is 0. The van der Waals surface area contributed by atoms with Gasteiger partial charge in [0.05, 0.1) is 43.2 Å². The second-order valence-corrected chi connectivity index (χ2v) is 18.0. The molecule has 0 aromatic rings. The molecule has 20 unspecified atom stereocenters. The number of fused-ring (bicyclic) bond motifs is 5. The van der Waals surface area contributed by atoms with Gasteiger partial charge < -0.3 is 64.5 Å². The summed E-state index contributed by atoms with van der Waals surface area (Å²) in [7, 11) is 1.41. The van der Waals surface area contributed by atoms with Crippen molar-refractivity contribution in [1.29, 1.82) is 0 Å². The lowest BCUT2D eigenvalue weighted by atomic mass is 9.42. The Morgan fingerprint density at radius 2 is 1.55 bits per heavy atom. The zero-order chi connectivity index (χ0) is 37.2. The average molecular weight is 731 g/mol. The summed E-state index contributed by atoms with van der Waals surface area (Å²) in [5.41, 5.74) is -1.81. The molecule has 6 rings (SSSR count). The van der Waals surface area contributed by atoms with Gasteiger partial charge in [-0.1, -0.05) is 34.6 Å². The summed E-state index contributed by atoms with van der Waals surface area (Å²) in [5.74, 6) is -0.102. The lowest BCUT2D eigenvalue weighted by Crippen LogP contribution is -2.68. The van der Waals surface area contributed by atoms with E-state index in [1.54, 1.807) is 0 Å². The molecule has 0 aromatic heterocycles. The highest BCUT2D eigenvalue weighted by Gasteiger charge is 2.70. The predicted molar refractivity (Wildman–Crippen MR) is 183 cm³/mol. The Morgan fingerprint density at radius 3 is 2.22 bits per heavy atom. The van der Waals surface area contributed by atoms with Crippen LogP contribution in [0.2, 0.25) is 0 Å². The molecule has 0 aromatic carbocycles. The normalized spacial score (nSPS) is 52.6.